The predicted molar refractivity (Wildman–Crippen MR) is 103 cm³/mol. The van der Waals surface area contributed by atoms with Gasteiger partial charge in [-0.15, -0.1) is 0 Å². The molecule has 0 saturated heterocycles. The van der Waals surface area contributed by atoms with Crippen molar-refractivity contribution in [3.8, 4) is 11.3 Å². The van der Waals surface area contributed by atoms with Crippen molar-refractivity contribution in [2.75, 3.05) is 0 Å². The van der Waals surface area contributed by atoms with Gasteiger partial charge in [-0.1, -0.05) is 48.0 Å². The van der Waals surface area contributed by atoms with Crippen molar-refractivity contribution >= 4 is 33.7 Å². The van der Waals surface area contributed by atoms with E-state index in [1.807, 2.05) is 60.7 Å². The van der Waals surface area contributed by atoms with Crippen LogP contribution >= 0.6 is 11.6 Å². The van der Waals surface area contributed by atoms with E-state index in [1.54, 1.807) is 6.20 Å². The summed E-state index contributed by atoms with van der Waals surface area (Å²) < 4.78 is 5.93. The monoisotopic (exact) mass is 359 g/mol. The van der Waals surface area contributed by atoms with E-state index in [2.05, 4.69) is 15.0 Å². The number of nitrogens with one attached hydrogen (secondary N) is 1. The lowest BCUT2D eigenvalue weighted by atomic mass is 10.1. The Balaban J connectivity index is 1.52. The Morgan fingerprint density at radius 2 is 1.85 bits per heavy atom. The van der Waals surface area contributed by atoms with Crippen LogP contribution in [0.25, 0.3) is 33.5 Å². The summed E-state index contributed by atoms with van der Waals surface area (Å²) in [6.45, 7) is 0. The van der Waals surface area contributed by atoms with E-state index < -0.39 is 0 Å². The molecule has 1 N–H and O–H groups in total. The smallest absolute Gasteiger partial charge is 0.157 e. The summed E-state index contributed by atoms with van der Waals surface area (Å²) in [5.74, 6) is 1.62. The minimum atomic E-state index is 0.635. The van der Waals surface area contributed by atoms with Crippen LogP contribution in [0.1, 0.15) is 11.4 Å². The summed E-state index contributed by atoms with van der Waals surface area (Å²) in [6, 6.07) is 19.8. The van der Waals surface area contributed by atoms with E-state index in [-0.39, 0.29) is 0 Å². The molecule has 0 aliphatic rings. The van der Waals surface area contributed by atoms with E-state index in [1.165, 1.54) is 0 Å². The van der Waals surface area contributed by atoms with Gasteiger partial charge in [0.25, 0.3) is 0 Å². The highest BCUT2D eigenvalue weighted by Crippen LogP contribution is 2.29. The van der Waals surface area contributed by atoms with Gasteiger partial charge in [-0.25, -0.2) is 9.97 Å². The lowest BCUT2D eigenvalue weighted by Crippen LogP contribution is -1.91. The lowest BCUT2D eigenvalue weighted by molar-refractivity contribution is 0.631. The van der Waals surface area contributed by atoms with Crippen LogP contribution in [0.4, 0.5) is 0 Å². The molecule has 126 valence electrons. The second kappa shape index (κ2) is 6.00. The van der Waals surface area contributed by atoms with E-state index in [0.29, 0.717) is 6.42 Å². The predicted octanol–water partition coefficient (Wildman–Crippen LogP) is 5.62. The maximum atomic E-state index is 6.25. The average Bonchev–Trinajstić information content (AvgIpc) is 3.26. The van der Waals surface area contributed by atoms with E-state index in [4.69, 9.17) is 16.0 Å². The fourth-order valence-corrected chi connectivity index (χ4v) is 3.31. The molecule has 0 fully saturated rings. The number of hydrogen-bond donors (Lipinski definition) is 1. The van der Waals surface area contributed by atoms with Gasteiger partial charge in [0.2, 0.25) is 0 Å². The van der Waals surface area contributed by atoms with Crippen LogP contribution < -0.4 is 0 Å². The third-order valence-corrected chi connectivity index (χ3v) is 4.78. The topological polar surface area (TPSA) is 54.7 Å². The number of para-hydroxylation sites is 1. The van der Waals surface area contributed by atoms with Gasteiger partial charge in [-0.05, 0) is 29.8 Å². The van der Waals surface area contributed by atoms with Crippen LogP contribution in [-0.2, 0) is 6.42 Å². The van der Waals surface area contributed by atoms with Gasteiger partial charge in [-0.3, -0.25) is 0 Å². The normalized spacial score (nSPS) is 11.4. The molecule has 3 aromatic heterocycles. The molecule has 0 aliphatic heterocycles. The Hall–Kier alpha value is -3.11. The van der Waals surface area contributed by atoms with Gasteiger partial charge in [-0.2, -0.15) is 0 Å². The molecular weight excluding hydrogens is 346 g/mol. The number of H-pyrrole nitrogens is 1. The molecule has 0 atom stereocenters. The second-order valence-corrected chi connectivity index (χ2v) is 6.60. The first-order valence-corrected chi connectivity index (χ1v) is 8.71. The highest BCUT2D eigenvalue weighted by molar-refractivity contribution is 6.31. The Morgan fingerprint density at radius 3 is 2.73 bits per heavy atom. The van der Waals surface area contributed by atoms with Crippen molar-refractivity contribution in [3.63, 3.8) is 0 Å². The van der Waals surface area contributed by atoms with Gasteiger partial charge in [0.15, 0.2) is 5.65 Å². The zero-order chi connectivity index (χ0) is 17.5. The molecule has 0 aliphatic carbocycles. The number of nitrogens with zero attached hydrogens (tertiary/aromatic N) is 2. The standard InChI is InChI=1S/C21H14ClN3O/c22-16-7-3-1-5-13(16)11-20-24-17-9-15(12-23-21(17)25-20)19-10-14-6-2-4-8-18(14)26-19/h1-10,12H,11H2,(H,23,24,25). The molecule has 2 aromatic carbocycles. The Labute approximate surface area is 154 Å². The molecule has 0 saturated carbocycles. The SMILES string of the molecule is Clc1ccccc1Cc1nc2cc(-c3cc4ccccc4o3)cnc2[nH]1. The van der Waals surface area contributed by atoms with Crippen molar-refractivity contribution < 1.29 is 4.42 Å². The largest absolute Gasteiger partial charge is 0.456 e. The first-order valence-electron chi connectivity index (χ1n) is 8.33. The van der Waals surface area contributed by atoms with Gasteiger partial charge >= 0.3 is 0 Å². The number of pyridine rings is 1. The highest BCUT2D eigenvalue weighted by Gasteiger charge is 2.11. The third-order valence-electron chi connectivity index (χ3n) is 4.41. The molecular formula is C21H14ClN3O. The first kappa shape index (κ1) is 15.2. The lowest BCUT2D eigenvalue weighted by Gasteiger charge is -2.00. The summed E-state index contributed by atoms with van der Waals surface area (Å²) in [5.41, 5.74) is 4.37. The summed E-state index contributed by atoms with van der Waals surface area (Å²) in [7, 11) is 0. The van der Waals surface area contributed by atoms with E-state index in [0.717, 1.165) is 49.9 Å². The molecule has 0 spiro atoms. The number of benzene rings is 2. The van der Waals surface area contributed by atoms with Gasteiger partial charge in [0.1, 0.15) is 22.7 Å². The fourth-order valence-electron chi connectivity index (χ4n) is 3.11. The fraction of sp³-hybridized carbons (Fsp3) is 0.0476. The zero-order valence-corrected chi connectivity index (χ0v) is 14.5. The quantitative estimate of drug-likeness (QED) is 0.455. The number of fused-ring (bicyclic) bond motifs is 2. The molecule has 0 radical (unpaired) electrons. The number of imidazole rings is 1. The van der Waals surface area contributed by atoms with Crippen molar-refractivity contribution in [1.29, 1.82) is 0 Å². The van der Waals surface area contributed by atoms with Crippen molar-refractivity contribution in [2.24, 2.45) is 0 Å². The second-order valence-electron chi connectivity index (χ2n) is 6.19. The minimum absolute atomic E-state index is 0.635. The molecule has 3 heterocycles. The van der Waals surface area contributed by atoms with Crippen LogP contribution in [0.5, 0.6) is 0 Å². The average molecular weight is 360 g/mol. The first-order chi connectivity index (χ1) is 12.8. The maximum Gasteiger partial charge on any atom is 0.157 e. The van der Waals surface area contributed by atoms with Crippen LogP contribution in [0, 0.1) is 0 Å². The Kier molecular flexibility index (Phi) is 3.50. The van der Waals surface area contributed by atoms with Gasteiger partial charge < -0.3 is 9.40 Å². The van der Waals surface area contributed by atoms with Crippen molar-refractivity contribution in [3.05, 3.63) is 83.3 Å². The van der Waals surface area contributed by atoms with Crippen LogP contribution in [0.2, 0.25) is 5.02 Å². The summed E-state index contributed by atoms with van der Waals surface area (Å²) in [5, 5.41) is 1.81. The Bertz CT molecular complexity index is 1210. The molecule has 5 aromatic rings. The van der Waals surface area contributed by atoms with Gasteiger partial charge in [0.05, 0.1) is 0 Å². The molecule has 0 bridgehead atoms. The third kappa shape index (κ3) is 2.65. The summed E-state index contributed by atoms with van der Waals surface area (Å²) in [4.78, 5) is 12.4. The molecule has 5 rings (SSSR count). The number of aromatic nitrogens is 3. The van der Waals surface area contributed by atoms with Crippen LogP contribution in [0.3, 0.4) is 0 Å². The number of aromatic amines is 1. The molecule has 5 heteroatoms. The zero-order valence-electron chi connectivity index (χ0n) is 13.7. The number of rotatable bonds is 3. The highest BCUT2D eigenvalue weighted by atomic mass is 35.5. The van der Waals surface area contributed by atoms with E-state index in [9.17, 15) is 0 Å². The van der Waals surface area contributed by atoms with Crippen molar-refractivity contribution in [2.45, 2.75) is 6.42 Å². The Morgan fingerprint density at radius 1 is 1.00 bits per heavy atom. The van der Waals surface area contributed by atoms with Gasteiger partial charge in [0, 0.05) is 28.6 Å². The number of hydrogen-bond acceptors (Lipinski definition) is 3. The molecule has 4 nitrogen and oxygen atoms in total. The summed E-state index contributed by atoms with van der Waals surface area (Å²) in [6.07, 6.45) is 2.44. The molecule has 0 amide bonds. The summed E-state index contributed by atoms with van der Waals surface area (Å²) >= 11 is 6.25. The van der Waals surface area contributed by atoms with E-state index >= 15 is 0 Å². The maximum absolute atomic E-state index is 6.25. The van der Waals surface area contributed by atoms with Crippen molar-refractivity contribution in [1.82, 2.24) is 15.0 Å². The van der Waals surface area contributed by atoms with Crippen LogP contribution in [0.15, 0.2) is 71.3 Å². The molecule has 0 unspecified atom stereocenters. The minimum Gasteiger partial charge on any atom is -0.456 e. The number of halogens is 1. The number of furan rings is 1. The van der Waals surface area contributed by atoms with Crippen LogP contribution in [-0.4, -0.2) is 15.0 Å². The molecule has 26 heavy (non-hydrogen) atoms.